The van der Waals surface area contributed by atoms with Gasteiger partial charge in [0, 0.05) is 27.2 Å². The Morgan fingerprint density at radius 1 is 1.27 bits per heavy atom. The van der Waals surface area contributed by atoms with E-state index in [-0.39, 0.29) is 0 Å². The van der Waals surface area contributed by atoms with Gasteiger partial charge < -0.3 is 19.3 Å². The first-order chi connectivity index (χ1) is 7.36. The monoisotopic (exact) mass is 215 g/mol. The van der Waals surface area contributed by atoms with Crippen molar-refractivity contribution < 1.29 is 14.0 Å². The normalized spacial score (nSPS) is 10.8. The smallest absolute Gasteiger partial charge is 0.240 e. The van der Waals surface area contributed by atoms with Crippen LogP contribution < -0.4 is 5.32 Å². The minimum Gasteiger partial charge on any atom is -0.384 e. The molecular formula is C9H17N3O3. The van der Waals surface area contributed by atoms with Gasteiger partial charge in [-0.3, -0.25) is 0 Å². The second-order valence-electron chi connectivity index (χ2n) is 3.02. The Hall–Kier alpha value is -0.980. The molecule has 1 heterocycles. The van der Waals surface area contributed by atoms with Gasteiger partial charge in [-0.15, -0.1) is 0 Å². The molecule has 86 valence electrons. The Bertz CT molecular complexity index is 265. The van der Waals surface area contributed by atoms with E-state index >= 15 is 0 Å². The van der Waals surface area contributed by atoms with E-state index in [9.17, 15) is 0 Å². The Labute approximate surface area is 88.9 Å². The van der Waals surface area contributed by atoms with Crippen LogP contribution in [0.1, 0.15) is 11.7 Å². The van der Waals surface area contributed by atoms with Crippen molar-refractivity contribution in [3.63, 3.8) is 0 Å². The average Bonchev–Trinajstić information content (AvgIpc) is 2.69. The molecule has 6 heteroatoms. The van der Waals surface area contributed by atoms with E-state index in [4.69, 9.17) is 14.0 Å². The summed E-state index contributed by atoms with van der Waals surface area (Å²) in [4.78, 5) is 4.18. The van der Waals surface area contributed by atoms with Gasteiger partial charge in [0.15, 0.2) is 5.82 Å². The number of nitrogens with zero attached hydrogens (tertiary/aromatic N) is 2. The maximum Gasteiger partial charge on any atom is 0.240 e. The lowest BCUT2D eigenvalue weighted by atomic mass is 10.4. The molecule has 1 N–H and O–H groups in total. The highest BCUT2D eigenvalue weighted by atomic mass is 16.5. The highest BCUT2D eigenvalue weighted by molar-refractivity contribution is 4.86. The van der Waals surface area contributed by atoms with Crippen LogP contribution in [0.4, 0.5) is 0 Å². The molecule has 0 fully saturated rings. The third-order valence-electron chi connectivity index (χ3n) is 1.80. The molecule has 15 heavy (non-hydrogen) atoms. The highest BCUT2D eigenvalue weighted by Crippen LogP contribution is 1.97. The topological polar surface area (TPSA) is 69.4 Å². The van der Waals surface area contributed by atoms with Crippen LogP contribution in [0.15, 0.2) is 4.52 Å². The van der Waals surface area contributed by atoms with Crippen LogP contribution in [0.5, 0.6) is 0 Å². The number of aromatic nitrogens is 2. The molecule has 0 aliphatic carbocycles. The lowest BCUT2D eigenvalue weighted by Gasteiger charge is -1.98. The summed E-state index contributed by atoms with van der Waals surface area (Å²) < 4.78 is 14.8. The van der Waals surface area contributed by atoms with E-state index in [1.54, 1.807) is 14.2 Å². The van der Waals surface area contributed by atoms with Crippen LogP contribution in [-0.4, -0.2) is 44.1 Å². The molecule has 0 aliphatic rings. The Morgan fingerprint density at radius 2 is 2.07 bits per heavy atom. The summed E-state index contributed by atoms with van der Waals surface area (Å²) in [6, 6.07) is 0. The number of methoxy groups -OCH3 is 2. The summed E-state index contributed by atoms with van der Waals surface area (Å²) in [6.07, 6.45) is 0.679. The summed E-state index contributed by atoms with van der Waals surface area (Å²) in [7, 11) is 3.31. The van der Waals surface area contributed by atoms with Crippen LogP contribution in [0, 0.1) is 0 Å². The van der Waals surface area contributed by atoms with E-state index in [0.717, 1.165) is 6.54 Å². The standard InChI is InChI=1S/C9H17N3O3/c1-13-5-3-8-11-9(15-12-8)7-10-4-6-14-2/h10H,3-7H2,1-2H3. The molecule has 0 unspecified atom stereocenters. The minimum atomic E-state index is 0.573. The van der Waals surface area contributed by atoms with Crippen molar-refractivity contribution in [1.29, 1.82) is 0 Å². The van der Waals surface area contributed by atoms with Crippen molar-refractivity contribution in [3.8, 4) is 0 Å². The van der Waals surface area contributed by atoms with Gasteiger partial charge in [-0.1, -0.05) is 5.16 Å². The van der Waals surface area contributed by atoms with Gasteiger partial charge in [-0.2, -0.15) is 4.98 Å². The molecule has 0 saturated carbocycles. The SMILES string of the molecule is COCCNCc1nc(CCOC)no1. The number of rotatable bonds is 8. The fourth-order valence-corrected chi connectivity index (χ4v) is 1.03. The van der Waals surface area contributed by atoms with E-state index in [1.807, 2.05) is 0 Å². The van der Waals surface area contributed by atoms with Gasteiger partial charge in [0.2, 0.25) is 5.89 Å². The van der Waals surface area contributed by atoms with Crippen LogP contribution in [-0.2, 0) is 22.4 Å². The summed E-state index contributed by atoms with van der Waals surface area (Å²) in [5.41, 5.74) is 0. The number of hydrogen-bond acceptors (Lipinski definition) is 6. The summed E-state index contributed by atoms with van der Waals surface area (Å²) in [5, 5.41) is 6.93. The second kappa shape index (κ2) is 7.33. The van der Waals surface area contributed by atoms with Crippen molar-refractivity contribution in [1.82, 2.24) is 15.5 Å². The molecule has 0 spiro atoms. The fourth-order valence-electron chi connectivity index (χ4n) is 1.03. The van der Waals surface area contributed by atoms with Gasteiger partial charge in [0.1, 0.15) is 0 Å². The van der Waals surface area contributed by atoms with Crippen LogP contribution in [0.3, 0.4) is 0 Å². The zero-order valence-corrected chi connectivity index (χ0v) is 9.15. The molecule has 1 rings (SSSR count). The Kier molecular flexibility index (Phi) is 5.91. The van der Waals surface area contributed by atoms with E-state index < -0.39 is 0 Å². The van der Waals surface area contributed by atoms with E-state index in [0.29, 0.717) is 37.9 Å². The predicted molar refractivity (Wildman–Crippen MR) is 53.5 cm³/mol. The summed E-state index contributed by atoms with van der Waals surface area (Å²) in [6.45, 7) is 2.62. The maximum atomic E-state index is 5.02. The highest BCUT2D eigenvalue weighted by Gasteiger charge is 2.04. The zero-order valence-electron chi connectivity index (χ0n) is 9.15. The first-order valence-electron chi connectivity index (χ1n) is 4.87. The molecule has 0 radical (unpaired) electrons. The van der Waals surface area contributed by atoms with E-state index in [2.05, 4.69) is 15.5 Å². The molecule has 0 bridgehead atoms. The summed E-state index contributed by atoms with van der Waals surface area (Å²) in [5.74, 6) is 1.28. The Morgan fingerprint density at radius 3 is 2.80 bits per heavy atom. The Balaban J connectivity index is 2.20. The average molecular weight is 215 g/mol. The molecular weight excluding hydrogens is 198 g/mol. The van der Waals surface area contributed by atoms with Crippen LogP contribution in [0.2, 0.25) is 0 Å². The quantitative estimate of drug-likeness (QED) is 0.615. The molecule has 1 aromatic heterocycles. The number of nitrogens with one attached hydrogen (secondary N) is 1. The van der Waals surface area contributed by atoms with Crippen molar-refractivity contribution in [3.05, 3.63) is 11.7 Å². The first-order valence-corrected chi connectivity index (χ1v) is 4.87. The van der Waals surface area contributed by atoms with E-state index in [1.165, 1.54) is 0 Å². The van der Waals surface area contributed by atoms with Gasteiger partial charge in [-0.25, -0.2) is 0 Å². The molecule has 0 aromatic carbocycles. The fraction of sp³-hybridized carbons (Fsp3) is 0.778. The molecule has 0 atom stereocenters. The minimum absolute atomic E-state index is 0.573. The molecule has 0 saturated heterocycles. The molecule has 6 nitrogen and oxygen atoms in total. The largest absolute Gasteiger partial charge is 0.384 e. The third kappa shape index (κ3) is 4.87. The predicted octanol–water partition coefficient (Wildman–Crippen LogP) is -0.00550. The molecule has 0 aliphatic heterocycles. The number of ether oxygens (including phenoxy) is 2. The maximum absolute atomic E-state index is 5.02. The van der Waals surface area contributed by atoms with Crippen molar-refractivity contribution in [2.75, 3.05) is 34.0 Å². The van der Waals surface area contributed by atoms with Gasteiger partial charge in [-0.05, 0) is 0 Å². The van der Waals surface area contributed by atoms with Gasteiger partial charge in [0.25, 0.3) is 0 Å². The van der Waals surface area contributed by atoms with Crippen molar-refractivity contribution in [2.24, 2.45) is 0 Å². The molecule has 0 amide bonds. The second-order valence-corrected chi connectivity index (χ2v) is 3.02. The first kappa shape index (κ1) is 12.1. The third-order valence-corrected chi connectivity index (χ3v) is 1.80. The van der Waals surface area contributed by atoms with Crippen LogP contribution >= 0.6 is 0 Å². The van der Waals surface area contributed by atoms with Crippen molar-refractivity contribution in [2.45, 2.75) is 13.0 Å². The zero-order chi connectivity index (χ0) is 10.9. The van der Waals surface area contributed by atoms with Gasteiger partial charge in [0.05, 0.1) is 19.8 Å². The lowest BCUT2D eigenvalue weighted by Crippen LogP contribution is -2.18. The van der Waals surface area contributed by atoms with Crippen LogP contribution in [0.25, 0.3) is 0 Å². The lowest BCUT2D eigenvalue weighted by molar-refractivity contribution is 0.197. The van der Waals surface area contributed by atoms with Crippen molar-refractivity contribution >= 4 is 0 Å². The molecule has 1 aromatic rings. The van der Waals surface area contributed by atoms with Gasteiger partial charge >= 0.3 is 0 Å². The summed E-state index contributed by atoms with van der Waals surface area (Å²) >= 11 is 0. The number of hydrogen-bond donors (Lipinski definition) is 1.